The van der Waals surface area contributed by atoms with Crippen LogP contribution in [0.5, 0.6) is 0 Å². The molecule has 0 unspecified atom stereocenters. The number of nitro benzene ring substituents is 1. The lowest BCUT2D eigenvalue weighted by atomic mass is 10.2. The zero-order valence-electron chi connectivity index (χ0n) is 9.71. The van der Waals surface area contributed by atoms with Gasteiger partial charge in [0.15, 0.2) is 11.0 Å². The largest absolute Gasteiger partial charge is 0.305 e. The van der Waals surface area contributed by atoms with Crippen molar-refractivity contribution in [1.82, 2.24) is 10.2 Å². The average Bonchev–Trinajstić information content (AvgIpc) is 2.41. The van der Waals surface area contributed by atoms with Gasteiger partial charge in [-0.3, -0.25) is 14.9 Å². The number of carbonyl (C=O) groups excluding carboxylic acids is 1. The maximum atomic E-state index is 11.9. The molecule has 0 spiro atoms. The fourth-order valence-corrected chi connectivity index (χ4v) is 1.65. The Bertz CT molecular complexity index is 676. The molecule has 0 aliphatic rings. The lowest BCUT2D eigenvalue weighted by molar-refractivity contribution is -0.384. The highest BCUT2D eigenvalue weighted by molar-refractivity contribution is 6.32. The van der Waals surface area contributed by atoms with Crippen molar-refractivity contribution in [3.05, 3.63) is 56.2 Å². The zero-order valence-corrected chi connectivity index (χ0v) is 11.2. The van der Waals surface area contributed by atoms with E-state index in [1.165, 1.54) is 24.3 Å². The molecule has 20 heavy (non-hydrogen) atoms. The monoisotopic (exact) mass is 312 g/mol. The van der Waals surface area contributed by atoms with Crippen LogP contribution in [-0.2, 0) is 0 Å². The fourth-order valence-electron chi connectivity index (χ4n) is 1.36. The molecule has 102 valence electrons. The van der Waals surface area contributed by atoms with Gasteiger partial charge < -0.3 is 5.32 Å². The Morgan fingerprint density at radius 2 is 1.95 bits per heavy atom. The summed E-state index contributed by atoms with van der Waals surface area (Å²) in [6.45, 7) is 0. The van der Waals surface area contributed by atoms with E-state index in [9.17, 15) is 14.9 Å². The van der Waals surface area contributed by atoms with Gasteiger partial charge in [-0.1, -0.05) is 23.2 Å². The Balaban J connectivity index is 2.23. The van der Waals surface area contributed by atoms with Crippen LogP contribution in [0.1, 0.15) is 10.4 Å². The molecular formula is C11H6Cl2N4O3. The van der Waals surface area contributed by atoms with Crippen LogP contribution in [0.15, 0.2) is 30.3 Å². The van der Waals surface area contributed by atoms with E-state index in [1.807, 2.05) is 0 Å². The zero-order chi connectivity index (χ0) is 14.7. The molecule has 1 N–H and O–H groups in total. The average molecular weight is 313 g/mol. The Hall–Kier alpha value is -2.25. The molecule has 2 aromatic rings. The Labute approximate surface area is 122 Å². The summed E-state index contributed by atoms with van der Waals surface area (Å²) in [6.07, 6.45) is 0. The molecule has 0 aliphatic heterocycles. The molecule has 0 fully saturated rings. The van der Waals surface area contributed by atoms with Gasteiger partial charge in [-0.2, -0.15) is 0 Å². The molecule has 0 aliphatic carbocycles. The van der Waals surface area contributed by atoms with E-state index in [-0.39, 0.29) is 27.2 Å². The van der Waals surface area contributed by atoms with Gasteiger partial charge in [0, 0.05) is 11.6 Å². The van der Waals surface area contributed by atoms with Crippen molar-refractivity contribution >= 4 is 40.6 Å². The molecule has 0 saturated carbocycles. The van der Waals surface area contributed by atoms with Crippen molar-refractivity contribution in [3.8, 4) is 0 Å². The van der Waals surface area contributed by atoms with Crippen molar-refractivity contribution in [2.45, 2.75) is 0 Å². The van der Waals surface area contributed by atoms with Gasteiger partial charge in [0.1, 0.15) is 5.02 Å². The molecule has 0 radical (unpaired) electrons. The van der Waals surface area contributed by atoms with Gasteiger partial charge in [-0.15, -0.1) is 10.2 Å². The number of nitro groups is 1. The predicted molar refractivity (Wildman–Crippen MR) is 73.1 cm³/mol. The third-order valence-electron chi connectivity index (χ3n) is 2.28. The Morgan fingerprint density at radius 3 is 2.55 bits per heavy atom. The summed E-state index contributed by atoms with van der Waals surface area (Å²) in [7, 11) is 0. The minimum atomic E-state index is -0.665. The van der Waals surface area contributed by atoms with Gasteiger partial charge in [0.2, 0.25) is 0 Å². The number of hydrogen-bond donors (Lipinski definition) is 1. The van der Waals surface area contributed by atoms with Gasteiger partial charge in [-0.25, -0.2) is 0 Å². The SMILES string of the molecule is O=C(Nc1ccc(Cl)nn1)c1ccc(Cl)c([N+](=O)[O-])c1. The summed E-state index contributed by atoms with van der Waals surface area (Å²) < 4.78 is 0. The summed E-state index contributed by atoms with van der Waals surface area (Å²) in [5.41, 5.74) is -0.264. The number of hydrogen-bond acceptors (Lipinski definition) is 5. The maximum Gasteiger partial charge on any atom is 0.288 e. The second-order valence-corrected chi connectivity index (χ2v) is 4.41. The van der Waals surface area contributed by atoms with E-state index in [1.54, 1.807) is 0 Å². The molecule has 0 saturated heterocycles. The lowest BCUT2D eigenvalue weighted by Crippen LogP contribution is -2.13. The predicted octanol–water partition coefficient (Wildman–Crippen LogP) is 2.94. The van der Waals surface area contributed by atoms with Gasteiger partial charge in [-0.05, 0) is 24.3 Å². The lowest BCUT2D eigenvalue weighted by Gasteiger charge is -2.04. The van der Waals surface area contributed by atoms with E-state index in [2.05, 4.69) is 15.5 Å². The first kappa shape index (κ1) is 14.2. The highest BCUT2D eigenvalue weighted by atomic mass is 35.5. The number of amides is 1. The van der Waals surface area contributed by atoms with E-state index in [0.717, 1.165) is 6.07 Å². The van der Waals surface area contributed by atoms with E-state index < -0.39 is 10.8 Å². The summed E-state index contributed by atoms with van der Waals surface area (Å²) in [6, 6.07) is 6.64. The molecular weight excluding hydrogens is 307 g/mol. The molecule has 7 nitrogen and oxygen atoms in total. The van der Waals surface area contributed by atoms with E-state index >= 15 is 0 Å². The quantitative estimate of drug-likeness (QED) is 0.694. The molecule has 0 atom stereocenters. The first-order chi connectivity index (χ1) is 9.47. The first-order valence-electron chi connectivity index (χ1n) is 5.22. The molecule has 1 aromatic heterocycles. The number of halogens is 2. The highest BCUT2D eigenvalue weighted by Gasteiger charge is 2.16. The van der Waals surface area contributed by atoms with Crippen molar-refractivity contribution in [3.63, 3.8) is 0 Å². The van der Waals surface area contributed by atoms with Crippen LogP contribution < -0.4 is 5.32 Å². The van der Waals surface area contributed by atoms with Crippen LogP contribution in [0.4, 0.5) is 11.5 Å². The molecule has 1 aromatic carbocycles. The molecule has 0 bridgehead atoms. The number of benzene rings is 1. The topological polar surface area (TPSA) is 98.0 Å². The van der Waals surface area contributed by atoms with Crippen molar-refractivity contribution < 1.29 is 9.72 Å². The second-order valence-electron chi connectivity index (χ2n) is 3.62. The van der Waals surface area contributed by atoms with Crippen molar-refractivity contribution in [2.24, 2.45) is 0 Å². The summed E-state index contributed by atoms with van der Waals surface area (Å²) in [5.74, 6) is -0.390. The number of nitrogens with one attached hydrogen (secondary N) is 1. The normalized spacial score (nSPS) is 10.1. The first-order valence-corrected chi connectivity index (χ1v) is 5.97. The fraction of sp³-hybridized carbons (Fsp3) is 0. The van der Waals surface area contributed by atoms with Crippen molar-refractivity contribution in [1.29, 1.82) is 0 Å². The molecule has 2 rings (SSSR count). The maximum absolute atomic E-state index is 11.9. The molecule has 9 heteroatoms. The van der Waals surface area contributed by atoms with E-state index in [4.69, 9.17) is 23.2 Å². The van der Waals surface area contributed by atoms with Crippen LogP contribution in [0, 0.1) is 10.1 Å². The minimum absolute atomic E-state index is 0.0437. The van der Waals surface area contributed by atoms with Crippen LogP contribution in [0.25, 0.3) is 0 Å². The van der Waals surface area contributed by atoms with Gasteiger partial charge in [0.25, 0.3) is 11.6 Å². The third kappa shape index (κ3) is 3.19. The summed E-state index contributed by atoms with van der Waals surface area (Å²) in [5, 5.41) is 20.5. The second kappa shape index (κ2) is 5.81. The molecule has 1 amide bonds. The smallest absolute Gasteiger partial charge is 0.288 e. The summed E-state index contributed by atoms with van der Waals surface area (Å²) >= 11 is 11.2. The molecule has 1 heterocycles. The van der Waals surface area contributed by atoms with Crippen LogP contribution in [0.2, 0.25) is 10.2 Å². The summed E-state index contributed by atoms with van der Waals surface area (Å²) in [4.78, 5) is 22.0. The van der Waals surface area contributed by atoms with Crippen LogP contribution >= 0.6 is 23.2 Å². The minimum Gasteiger partial charge on any atom is -0.305 e. The number of anilines is 1. The number of nitrogens with zero attached hydrogens (tertiary/aromatic N) is 3. The van der Waals surface area contributed by atoms with Gasteiger partial charge in [0.05, 0.1) is 4.92 Å². The third-order valence-corrected chi connectivity index (χ3v) is 2.80. The Kier molecular flexibility index (Phi) is 4.11. The van der Waals surface area contributed by atoms with E-state index in [0.29, 0.717) is 0 Å². The number of carbonyl (C=O) groups is 1. The number of aromatic nitrogens is 2. The Morgan fingerprint density at radius 1 is 1.20 bits per heavy atom. The van der Waals surface area contributed by atoms with Crippen LogP contribution in [0.3, 0.4) is 0 Å². The standard InChI is InChI=1S/C11H6Cl2N4O3/c12-7-2-1-6(5-8(7)17(19)20)11(18)14-10-4-3-9(13)15-16-10/h1-5H,(H,14,16,18). The number of rotatable bonds is 3. The van der Waals surface area contributed by atoms with Gasteiger partial charge >= 0.3 is 0 Å². The highest BCUT2D eigenvalue weighted by Crippen LogP contribution is 2.25. The van der Waals surface area contributed by atoms with Crippen LogP contribution in [-0.4, -0.2) is 21.0 Å². The van der Waals surface area contributed by atoms with Crippen molar-refractivity contribution in [2.75, 3.05) is 5.32 Å².